The Kier molecular flexibility index (Phi) is 6.57. The third kappa shape index (κ3) is 6.50. The van der Waals surface area contributed by atoms with Gasteiger partial charge in [0.1, 0.15) is 6.10 Å². The van der Waals surface area contributed by atoms with Crippen LogP contribution in [0.4, 0.5) is 0 Å². The Morgan fingerprint density at radius 2 is 2.00 bits per heavy atom. The van der Waals surface area contributed by atoms with Gasteiger partial charge in [0.25, 0.3) is 0 Å². The van der Waals surface area contributed by atoms with Gasteiger partial charge >= 0.3 is 0 Å². The van der Waals surface area contributed by atoms with Gasteiger partial charge in [-0.2, -0.15) is 0 Å². The van der Waals surface area contributed by atoms with Gasteiger partial charge in [0, 0.05) is 7.05 Å². The predicted molar refractivity (Wildman–Crippen MR) is 62.6 cm³/mol. The molecule has 0 aliphatic heterocycles. The second-order valence-electron chi connectivity index (χ2n) is 4.89. The molecule has 2 N–H and O–H groups in total. The average molecular weight is 215 g/mol. The van der Waals surface area contributed by atoms with Crippen molar-refractivity contribution in [2.75, 3.05) is 7.05 Å². The number of hydrogen-bond acceptors (Lipinski definition) is 2. The zero-order chi connectivity index (χ0) is 11.9. The largest absolute Gasteiger partial charge is 0.383 e. The van der Waals surface area contributed by atoms with Crippen LogP contribution in [0.3, 0.4) is 0 Å². The van der Waals surface area contributed by atoms with Crippen molar-refractivity contribution in [3.8, 4) is 0 Å². The first kappa shape index (κ1) is 14.4. The minimum absolute atomic E-state index is 0.273. The third-order valence-corrected chi connectivity index (χ3v) is 3.09. The molecule has 0 aliphatic rings. The highest BCUT2D eigenvalue weighted by atomic mass is 16.3. The highest BCUT2D eigenvalue weighted by Crippen LogP contribution is 2.27. The lowest BCUT2D eigenvalue weighted by Crippen LogP contribution is -2.31. The van der Waals surface area contributed by atoms with E-state index in [0.717, 1.165) is 19.3 Å². The van der Waals surface area contributed by atoms with E-state index in [4.69, 9.17) is 0 Å². The molecular weight excluding hydrogens is 190 g/mol. The van der Waals surface area contributed by atoms with E-state index in [-0.39, 0.29) is 5.91 Å². The summed E-state index contributed by atoms with van der Waals surface area (Å²) >= 11 is 0. The zero-order valence-corrected chi connectivity index (χ0v) is 10.5. The molecule has 0 bridgehead atoms. The Labute approximate surface area is 93.3 Å². The summed E-state index contributed by atoms with van der Waals surface area (Å²) in [4.78, 5) is 11.0. The number of nitrogens with one attached hydrogen (secondary N) is 1. The summed E-state index contributed by atoms with van der Waals surface area (Å²) in [5.74, 6) is -0.273. The maximum Gasteiger partial charge on any atom is 0.248 e. The van der Waals surface area contributed by atoms with Crippen molar-refractivity contribution in [3.63, 3.8) is 0 Å². The molecular formula is C12H25NO2. The number of carbonyl (C=O) groups excluding carboxylic acids is 1. The van der Waals surface area contributed by atoms with E-state index < -0.39 is 6.10 Å². The zero-order valence-electron chi connectivity index (χ0n) is 10.5. The number of amides is 1. The van der Waals surface area contributed by atoms with Gasteiger partial charge in [-0.05, 0) is 18.3 Å². The number of carbonyl (C=O) groups is 1. The van der Waals surface area contributed by atoms with Crippen molar-refractivity contribution in [3.05, 3.63) is 0 Å². The minimum Gasteiger partial charge on any atom is -0.383 e. The third-order valence-electron chi connectivity index (χ3n) is 3.09. The number of rotatable bonds is 7. The second-order valence-corrected chi connectivity index (χ2v) is 4.89. The smallest absolute Gasteiger partial charge is 0.248 e. The Balaban J connectivity index is 3.59. The van der Waals surface area contributed by atoms with Gasteiger partial charge < -0.3 is 10.4 Å². The van der Waals surface area contributed by atoms with E-state index in [2.05, 4.69) is 26.1 Å². The maximum atomic E-state index is 11.0. The first-order chi connectivity index (χ1) is 6.93. The molecule has 0 rings (SSSR count). The van der Waals surface area contributed by atoms with Crippen LogP contribution < -0.4 is 5.32 Å². The topological polar surface area (TPSA) is 49.3 Å². The first-order valence-corrected chi connectivity index (χ1v) is 5.82. The number of hydrogen-bond donors (Lipinski definition) is 2. The van der Waals surface area contributed by atoms with Crippen LogP contribution in [0, 0.1) is 5.41 Å². The summed E-state index contributed by atoms with van der Waals surface area (Å²) in [7, 11) is 1.55. The maximum absolute atomic E-state index is 11.0. The monoisotopic (exact) mass is 215 g/mol. The summed E-state index contributed by atoms with van der Waals surface area (Å²) in [6.07, 6.45) is 4.06. The predicted octanol–water partition coefficient (Wildman–Crippen LogP) is 2.09. The van der Waals surface area contributed by atoms with Gasteiger partial charge in [-0.3, -0.25) is 4.79 Å². The van der Waals surface area contributed by atoms with Crippen LogP contribution in [0.2, 0.25) is 0 Å². The van der Waals surface area contributed by atoms with Crippen LogP contribution in [0.15, 0.2) is 0 Å². The van der Waals surface area contributed by atoms with Crippen molar-refractivity contribution in [2.45, 2.75) is 59.0 Å². The van der Waals surface area contributed by atoms with Crippen LogP contribution in [0.5, 0.6) is 0 Å². The van der Waals surface area contributed by atoms with E-state index in [1.54, 1.807) is 7.05 Å². The molecule has 0 radical (unpaired) electrons. The SMILES string of the molecule is CCC(C)(C)CCCC[C@H](O)C(=O)NC. The minimum atomic E-state index is -0.834. The van der Waals surface area contributed by atoms with Crippen LogP contribution in [-0.4, -0.2) is 24.2 Å². The fourth-order valence-electron chi connectivity index (χ4n) is 1.42. The molecule has 0 aromatic rings. The molecule has 0 unspecified atom stereocenters. The Morgan fingerprint density at radius 3 is 2.47 bits per heavy atom. The highest BCUT2D eigenvalue weighted by Gasteiger charge is 2.16. The number of unbranched alkanes of at least 4 members (excludes halogenated alkanes) is 1. The van der Waals surface area contributed by atoms with Crippen LogP contribution in [0.1, 0.15) is 52.9 Å². The number of likely N-dealkylation sites (N-methyl/N-ethyl adjacent to an activating group) is 1. The molecule has 0 spiro atoms. The summed E-state index contributed by atoms with van der Waals surface area (Å²) in [6, 6.07) is 0. The van der Waals surface area contributed by atoms with Crippen LogP contribution in [0.25, 0.3) is 0 Å². The quantitative estimate of drug-likeness (QED) is 0.639. The Hall–Kier alpha value is -0.570. The normalized spacial score (nSPS) is 13.7. The Morgan fingerprint density at radius 1 is 1.40 bits per heavy atom. The molecule has 0 aromatic carbocycles. The molecule has 1 amide bonds. The molecule has 1 atom stereocenters. The summed E-state index contributed by atoms with van der Waals surface area (Å²) in [5, 5.41) is 11.8. The average Bonchev–Trinajstić information content (AvgIpc) is 2.22. The van der Waals surface area contributed by atoms with Crippen molar-refractivity contribution in [2.24, 2.45) is 5.41 Å². The van der Waals surface area contributed by atoms with Gasteiger partial charge in [0.15, 0.2) is 0 Å². The molecule has 0 heterocycles. The molecule has 0 fully saturated rings. The molecule has 0 saturated carbocycles. The fourth-order valence-corrected chi connectivity index (χ4v) is 1.42. The van der Waals surface area contributed by atoms with Gasteiger partial charge in [-0.1, -0.05) is 40.0 Å². The second kappa shape index (κ2) is 6.83. The van der Waals surface area contributed by atoms with Crippen LogP contribution in [-0.2, 0) is 4.79 Å². The van der Waals surface area contributed by atoms with E-state index in [1.165, 1.54) is 6.42 Å². The van der Waals surface area contributed by atoms with E-state index in [1.807, 2.05) is 0 Å². The van der Waals surface area contributed by atoms with Gasteiger partial charge in [-0.15, -0.1) is 0 Å². The van der Waals surface area contributed by atoms with Crippen molar-refractivity contribution in [1.29, 1.82) is 0 Å². The van der Waals surface area contributed by atoms with E-state index >= 15 is 0 Å². The van der Waals surface area contributed by atoms with Crippen molar-refractivity contribution < 1.29 is 9.90 Å². The van der Waals surface area contributed by atoms with Crippen LogP contribution >= 0.6 is 0 Å². The molecule has 3 nitrogen and oxygen atoms in total. The molecule has 90 valence electrons. The van der Waals surface area contributed by atoms with Crippen molar-refractivity contribution in [1.82, 2.24) is 5.32 Å². The summed E-state index contributed by atoms with van der Waals surface area (Å²) in [5.41, 5.74) is 0.387. The van der Waals surface area contributed by atoms with Gasteiger partial charge in [-0.25, -0.2) is 0 Å². The highest BCUT2D eigenvalue weighted by molar-refractivity contribution is 5.79. The molecule has 0 aromatic heterocycles. The van der Waals surface area contributed by atoms with Gasteiger partial charge in [0.05, 0.1) is 0 Å². The lowest BCUT2D eigenvalue weighted by atomic mass is 9.84. The fraction of sp³-hybridized carbons (Fsp3) is 0.917. The van der Waals surface area contributed by atoms with Crippen molar-refractivity contribution >= 4 is 5.91 Å². The van der Waals surface area contributed by atoms with E-state index in [9.17, 15) is 9.90 Å². The molecule has 0 saturated heterocycles. The lowest BCUT2D eigenvalue weighted by Gasteiger charge is -2.22. The molecule has 0 aliphatic carbocycles. The Bertz CT molecular complexity index is 190. The standard InChI is InChI=1S/C12H25NO2/c1-5-12(2,3)9-7-6-8-10(14)11(15)13-4/h10,14H,5-9H2,1-4H3,(H,13,15)/t10-/m0/s1. The first-order valence-electron chi connectivity index (χ1n) is 5.82. The lowest BCUT2D eigenvalue weighted by molar-refractivity contribution is -0.129. The van der Waals surface area contributed by atoms with E-state index in [0.29, 0.717) is 11.8 Å². The molecule has 3 heteroatoms. The van der Waals surface area contributed by atoms with Gasteiger partial charge in [0.2, 0.25) is 5.91 Å². The summed E-state index contributed by atoms with van der Waals surface area (Å²) in [6.45, 7) is 6.70. The molecule has 15 heavy (non-hydrogen) atoms. The number of aliphatic hydroxyl groups is 1. The summed E-state index contributed by atoms with van der Waals surface area (Å²) < 4.78 is 0. The number of aliphatic hydroxyl groups excluding tert-OH is 1.